The third kappa shape index (κ3) is 5.38. The van der Waals surface area contributed by atoms with Gasteiger partial charge in [0, 0.05) is 37.2 Å². The molecule has 2 N–H and O–H groups in total. The summed E-state index contributed by atoms with van der Waals surface area (Å²) in [6, 6.07) is 5.92. The van der Waals surface area contributed by atoms with Gasteiger partial charge in [0.15, 0.2) is 0 Å². The summed E-state index contributed by atoms with van der Waals surface area (Å²) < 4.78 is 0. The van der Waals surface area contributed by atoms with Gasteiger partial charge in [-0.1, -0.05) is 19.9 Å². The van der Waals surface area contributed by atoms with E-state index >= 15 is 0 Å². The van der Waals surface area contributed by atoms with E-state index in [1.807, 2.05) is 31.3 Å². The van der Waals surface area contributed by atoms with Gasteiger partial charge in [-0.15, -0.1) is 0 Å². The summed E-state index contributed by atoms with van der Waals surface area (Å²) in [6.07, 6.45) is 4.73. The summed E-state index contributed by atoms with van der Waals surface area (Å²) in [5, 5.41) is 6.59. The first-order valence-electron chi connectivity index (χ1n) is 7.36. The van der Waals surface area contributed by atoms with Crippen LogP contribution in [0.4, 0.5) is 11.8 Å². The van der Waals surface area contributed by atoms with Crippen molar-refractivity contribution in [3.05, 3.63) is 41.9 Å². The highest BCUT2D eigenvalue weighted by molar-refractivity contribution is 5.42. The zero-order valence-corrected chi connectivity index (χ0v) is 12.9. The predicted molar refractivity (Wildman–Crippen MR) is 86.3 cm³/mol. The Balaban J connectivity index is 1.94. The number of hydrogen-bond donors (Lipinski definition) is 2. The van der Waals surface area contributed by atoms with Crippen LogP contribution in [-0.2, 0) is 6.54 Å². The maximum absolute atomic E-state index is 4.49. The van der Waals surface area contributed by atoms with E-state index in [1.54, 1.807) is 6.20 Å². The third-order valence-corrected chi connectivity index (χ3v) is 3.06. The van der Waals surface area contributed by atoms with Crippen LogP contribution in [0.5, 0.6) is 0 Å². The van der Waals surface area contributed by atoms with Crippen LogP contribution in [0.1, 0.15) is 31.5 Å². The van der Waals surface area contributed by atoms with Gasteiger partial charge in [-0.2, -0.15) is 4.98 Å². The van der Waals surface area contributed by atoms with Crippen molar-refractivity contribution in [1.82, 2.24) is 15.0 Å². The second kappa shape index (κ2) is 7.57. The van der Waals surface area contributed by atoms with Crippen molar-refractivity contribution in [2.45, 2.75) is 33.7 Å². The smallest absolute Gasteiger partial charge is 0.225 e. The molecular weight excluding hydrogens is 262 g/mol. The Morgan fingerprint density at radius 1 is 1.19 bits per heavy atom. The van der Waals surface area contributed by atoms with E-state index in [0.717, 1.165) is 30.0 Å². The molecule has 0 bridgehead atoms. The van der Waals surface area contributed by atoms with Crippen LogP contribution in [0, 0.1) is 12.8 Å². The highest BCUT2D eigenvalue weighted by Crippen LogP contribution is 2.11. The van der Waals surface area contributed by atoms with Gasteiger partial charge >= 0.3 is 0 Å². The highest BCUT2D eigenvalue weighted by atomic mass is 15.1. The van der Waals surface area contributed by atoms with Gasteiger partial charge in [-0.3, -0.25) is 4.98 Å². The fourth-order valence-corrected chi connectivity index (χ4v) is 1.91. The lowest BCUT2D eigenvalue weighted by molar-refractivity contribution is 0.606. The summed E-state index contributed by atoms with van der Waals surface area (Å²) in [6.45, 7) is 8.00. The van der Waals surface area contributed by atoms with Crippen molar-refractivity contribution >= 4 is 11.8 Å². The van der Waals surface area contributed by atoms with Crippen LogP contribution in [-0.4, -0.2) is 21.5 Å². The van der Waals surface area contributed by atoms with Crippen molar-refractivity contribution < 1.29 is 0 Å². The molecule has 112 valence electrons. The van der Waals surface area contributed by atoms with Gasteiger partial charge in [0.1, 0.15) is 5.82 Å². The zero-order valence-electron chi connectivity index (χ0n) is 12.9. The van der Waals surface area contributed by atoms with Crippen molar-refractivity contribution in [3.63, 3.8) is 0 Å². The molecule has 5 nitrogen and oxygen atoms in total. The number of nitrogens with zero attached hydrogens (tertiary/aromatic N) is 3. The average Bonchev–Trinajstić information content (AvgIpc) is 2.45. The second-order valence-corrected chi connectivity index (χ2v) is 5.54. The molecule has 0 amide bonds. The normalized spacial score (nSPS) is 10.7. The Bertz CT molecular complexity index is 554. The summed E-state index contributed by atoms with van der Waals surface area (Å²) in [7, 11) is 0. The summed E-state index contributed by atoms with van der Waals surface area (Å²) in [4.78, 5) is 13.0. The minimum absolute atomic E-state index is 0.644. The molecule has 2 aromatic heterocycles. The molecule has 0 aliphatic heterocycles. The van der Waals surface area contributed by atoms with E-state index < -0.39 is 0 Å². The van der Waals surface area contributed by atoms with E-state index in [0.29, 0.717) is 18.4 Å². The first-order chi connectivity index (χ1) is 10.1. The molecule has 0 aromatic carbocycles. The molecule has 0 saturated carbocycles. The SMILES string of the molecule is Cc1cc(NCCC(C)C)nc(NCc2cccnc2)n1. The van der Waals surface area contributed by atoms with Crippen molar-refractivity contribution in [2.75, 3.05) is 17.2 Å². The van der Waals surface area contributed by atoms with Crippen LogP contribution in [0.25, 0.3) is 0 Å². The van der Waals surface area contributed by atoms with Gasteiger partial charge in [-0.25, -0.2) is 4.98 Å². The van der Waals surface area contributed by atoms with Crippen LogP contribution in [0.2, 0.25) is 0 Å². The van der Waals surface area contributed by atoms with Gasteiger partial charge in [0.05, 0.1) is 0 Å². The molecular formula is C16H23N5. The largest absolute Gasteiger partial charge is 0.370 e. The average molecular weight is 285 g/mol. The molecule has 2 rings (SSSR count). The van der Waals surface area contributed by atoms with Crippen LogP contribution in [0.15, 0.2) is 30.6 Å². The molecule has 0 unspecified atom stereocenters. The lowest BCUT2D eigenvalue weighted by atomic mass is 10.1. The van der Waals surface area contributed by atoms with E-state index in [-0.39, 0.29) is 0 Å². The van der Waals surface area contributed by atoms with Crippen molar-refractivity contribution in [2.24, 2.45) is 5.92 Å². The lowest BCUT2D eigenvalue weighted by Crippen LogP contribution is -2.10. The zero-order chi connectivity index (χ0) is 15.1. The number of pyridine rings is 1. The molecule has 21 heavy (non-hydrogen) atoms. The van der Waals surface area contributed by atoms with Crippen LogP contribution < -0.4 is 10.6 Å². The maximum atomic E-state index is 4.49. The molecule has 0 radical (unpaired) electrons. The minimum atomic E-state index is 0.644. The number of aromatic nitrogens is 3. The number of anilines is 2. The summed E-state index contributed by atoms with van der Waals surface area (Å²) >= 11 is 0. The Morgan fingerprint density at radius 3 is 2.76 bits per heavy atom. The third-order valence-electron chi connectivity index (χ3n) is 3.06. The van der Waals surface area contributed by atoms with Crippen LogP contribution in [0.3, 0.4) is 0 Å². The second-order valence-electron chi connectivity index (χ2n) is 5.54. The first-order valence-corrected chi connectivity index (χ1v) is 7.36. The molecule has 0 aliphatic rings. The summed E-state index contributed by atoms with van der Waals surface area (Å²) in [5.41, 5.74) is 2.06. The van der Waals surface area contributed by atoms with Gasteiger partial charge in [0.25, 0.3) is 0 Å². The molecule has 0 spiro atoms. The number of rotatable bonds is 7. The molecule has 2 aromatic rings. The standard InChI is InChI=1S/C16H23N5/c1-12(2)6-8-18-15-9-13(3)20-16(21-15)19-11-14-5-4-7-17-10-14/h4-5,7,9-10,12H,6,8,11H2,1-3H3,(H2,18,19,20,21). The van der Waals surface area contributed by atoms with Crippen LogP contribution >= 0.6 is 0 Å². The molecule has 0 saturated heterocycles. The lowest BCUT2D eigenvalue weighted by Gasteiger charge is -2.10. The molecule has 0 atom stereocenters. The van der Waals surface area contributed by atoms with Gasteiger partial charge < -0.3 is 10.6 Å². The highest BCUT2D eigenvalue weighted by Gasteiger charge is 2.03. The van der Waals surface area contributed by atoms with E-state index in [9.17, 15) is 0 Å². The Morgan fingerprint density at radius 2 is 2.05 bits per heavy atom. The predicted octanol–water partition coefficient (Wildman–Crippen LogP) is 3.25. The molecule has 5 heteroatoms. The number of hydrogen-bond acceptors (Lipinski definition) is 5. The Kier molecular flexibility index (Phi) is 5.49. The molecule has 0 aliphatic carbocycles. The quantitative estimate of drug-likeness (QED) is 0.817. The van der Waals surface area contributed by atoms with E-state index in [4.69, 9.17) is 0 Å². The summed E-state index contributed by atoms with van der Waals surface area (Å²) in [5.74, 6) is 2.20. The monoisotopic (exact) mass is 285 g/mol. The minimum Gasteiger partial charge on any atom is -0.370 e. The van der Waals surface area contributed by atoms with Crippen molar-refractivity contribution in [3.8, 4) is 0 Å². The first kappa shape index (κ1) is 15.2. The fraction of sp³-hybridized carbons (Fsp3) is 0.438. The fourth-order valence-electron chi connectivity index (χ4n) is 1.91. The molecule has 0 fully saturated rings. The Labute approximate surface area is 126 Å². The maximum Gasteiger partial charge on any atom is 0.225 e. The number of aryl methyl sites for hydroxylation is 1. The van der Waals surface area contributed by atoms with E-state index in [2.05, 4.69) is 39.4 Å². The van der Waals surface area contributed by atoms with Crippen molar-refractivity contribution in [1.29, 1.82) is 0 Å². The molecule has 2 heterocycles. The Hall–Kier alpha value is -2.17. The topological polar surface area (TPSA) is 62.7 Å². The van der Waals surface area contributed by atoms with Gasteiger partial charge in [0.2, 0.25) is 5.95 Å². The van der Waals surface area contributed by atoms with E-state index in [1.165, 1.54) is 0 Å². The number of nitrogens with one attached hydrogen (secondary N) is 2. The van der Waals surface area contributed by atoms with Gasteiger partial charge in [-0.05, 0) is 30.9 Å².